The van der Waals surface area contributed by atoms with E-state index >= 15 is 0 Å². The third-order valence-corrected chi connectivity index (χ3v) is 5.12. The molecule has 26 heavy (non-hydrogen) atoms. The number of phenols is 1. The Morgan fingerprint density at radius 1 is 0.885 bits per heavy atom. The Kier molecular flexibility index (Phi) is 7.48. The van der Waals surface area contributed by atoms with Crippen molar-refractivity contribution in [3.05, 3.63) is 48.0 Å². The Labute approximate surface area is 155 Å². The SMILES string of the molecule is CCCCCCCCc1ccccc1Oc1cccc(S(=O)(=O)O)c1O. The molecule has 0 atom stereocenters. The minimum Gasteiger partial charge on any atom is -0.503 e. The molecular weight excluding hydrogens is 352 g/mol. The van der Waals surface area contributed by atoms with Crippen molar-refractivity contribution in [3.8, 4) is 17.2 Å². The van der Waals surface area contributed by atoms with Crippen LogP contribution in [0.5, 0.6) is 17.2 Å². The van der Waals surface area contributed by atoms with Crippen LogP contribution in [0.25, 0.3) is 0 Å². The number of aryl methyl sites for hydroxylation is 1. The second-order valence-electron chi connectivity index (χ2n) is 6.31. The molecule has 0 aliphatic heterocycles. The molecule has 0 heterocycles. The summed E-state index contributed by atoms with van der Waals surface area (Å²) in [5.41, 5.74) is 1.000. The number of ether oxygens (including phenoxy) is 1. The van der Waals surface area contributed by atoms with Gasteiger partial charge in [-0.15, -0.1) is 0 Å². The average Bonchev–Trinajstić information content (AvgIpc) is 2.60. The number of benzene rings is 2. The summed E-state index contributed by atoms with van der Waals surface area (Å²) in [6.07, 6.45) is 8.00. The molecule has 142 valence electrons. The summed E-state index contributed by atoms with van der Waals surface area (Å²) in [5, 5.41) is 10.1. The first kappa shape index (κ1) is 20.3. The molecule has 0 aliphatic carbocycles. The molecule has 0 amide bonds. The Balaban J connectivity index is 2.09. The van der Waals surface area contributed by atoms with Gasteiger partial charge in [-0.1, -0.05) is 63.3 Å². The van der Waals surface area contributed by atoms with E-state index in [-0.39, 0.29) is 5.75 Å². The van der Waals surface area contributed by atoms with Crippen LogP contribution in [-0.4, -0.2) is 18.1 Å². The summed E-state index contributed by atoms with van der Waals surface area (Å²) in [6, 6.07) is 11.5. The van der Waals surface area contributed by atoms with Crippen LogP contribution < -0.4 is 4.74 Å². The van der Waals surface area contributed by atoms with Crippen molar-refractivity contribution >= 4 is 10.1 Å². The van der Waals surface area contributed by atoms with Gasteiger partial charge in [0.15, 0.2) is 11.5 Å². The zero-order valence-corrected chi connectivity index (χ0v) is 15.8. The summed E-state index contributed by atoms with van der Waals surface area (Å²) in [5.74, 6) is -0.0243. The predicted octanol–water partition coefficient (Wildman–Crippen LogP) is 5.33. The molecule has 2 aromatic carbocycles. The van der Waals surface area contributed by atoms with E-state index in [4.69, 9.17) is 4.74 Å². The molecule has 0 fully saturated rings. The van der Waals surface area contributed by atoms with Crippen molar-refractivity contribution in [3.63, 3.8) is 0 Å². The highest BCUT2D eigenvalue weighted by Gasteiger charge is 2.19. The highest BCUT2D eigenvalue weighted by molar-refractivity contribution is 7.86. The predicted molar refractivity (Wildman–Crippen MR) is 102 cm³/mol. The lowest BCUT2D eigenvalue weighted by atomic mass is 10.0. The van der Waals surface area contributed by atoms with Gasteiger partial charge in [-0.25, -0.2) is 0 Å². The van der Waals surface area contributed by atoms with Crippen LogP contribution in [0.3, 0.4) is 0 Å². The number of unbranched alkanes of at least 4 members (excludes halogenated alkanes) is 5. The van der Waals surface area contributed by atoms with Crippen molar-refractivity contribution in [2.45, 2.75) is 56.8 Å². The van der Waals surface area contributed by atoms with Gasteiger partial charge < -0.3 is 9.84 Å². The van der Waals surface area contributed by atoms with E-state index in [2.05, 4.69) is 6.92 Å². The lowest BCUT2D eigenvalue weighted by molar-refractivity contribution is 0.393. The zero-order chi connectivity index (χ0) is 19.0. The van der Waals surface area contributed by atoms with Crippen LogP contribution in [-0.2, 0) is 16.5 Å². The Morgan fingerprint density at radius 3 is 2.27 bits per heavy atom. The highest BCUT2D eigenvalue weighted by atomic mass is 32.2. The van der Waals surface area contributed by atoms with Gasteiger partial charge >= 0.3 is 0 Å². The van der Waals surface area contributed by atoms with E-state index in [1.165, 1.54) is 37.8 Å². The van der Waals surface area contributed by atoms with E-state index in [0.717, 1.165) is 30.9 Å². The number of hydrogen-bond acceptors (Lipinski definition) is 4. The largest absolute Gasteiger partial charge is 0.503 e. The van der Waals surface area contributed by atoms with Crippen molar-refractivity contribution in [1.82, 2.24) is 0 Å². The van der Waals surface area contributed by atoms with Crippen molar-refractivity contribution < 1.29 is 22.8 Å². The Bertz CT molecular complexity index is 815. The zero-order valence-electron chi connectivity index (χ0n) is 15.0. The maximum atomic E-state index is 11.3. The molecule has 0 saturated heterocycles. The molecule has 0 bridgehead atoms. The fourth-order valence-electron chi connectivity index (χ4n) is 2.82. The third-order valence-electron chi connectivity index (χ3n) is 4.23. The second-order valence-corrected chi connectivity index (χ2v) is 7.70. The maximum absolute atomic E-state index is 11.3. The van der Waals surface area contributed by atoms with Gasteiger partial charge in [-0.3, -0.25) is 4.55 Å². The quantitative estimate of drug-likeness (QED) is 0.431. The lowest BCUT2D eigenvalue weighted by Crippen LogP contribution is -2.00. The topological polar surface area (TPSA) is 83.8 Å². The molecule has 0 aliphatic rings. The smallest absolute Gasteiger partial charge is 0.298 e. The Hall–Kier alpha value is -2.05. The number of para-hydroxylation sites is 2. The van der Waals surface area contributed by atoms with Crippen molar-refractivity contribution in [1.29, 1.82) is 0 Å². The van der Waals surface area contributed by atoms with E-state index in [1.54, 1.807) is 6.07 Å². The first-order chi connectivity index (χ1) is 12.4. The number of hydrogen-bond donors (Lipinski definition) is 2. The molecule has 0 unspecified atom stereocenters. The molecule has 5 nitrogen and oxygen atoms in total. The Morgan fingerprint density at radius 2 is 1.54 bits per heavy atom. The minimum atomic E-state index is -4.51. The van der Waals surface area contributed by atoms with Gasteiger partial charge in [0.25, 0.3) is 10.1 Å². The van der Waals surface area contributed by atoms with Crippen LogP contribution in [0.4, 0.5) is 0 Å². The molecule has 2 N–H and O–H groups in total. The lowest BCUT2D eigenvalue weighted by Gasteiger charge is -2.13. The van der Waals surface area contributed by atoms with Crippen LogP contribution in [0, 0.1) is 0 Å². The van der Waals surface area contributed by atoms with Gasteiger partial charge in [0.2, 0.25) is 0 Å². The third kappa shape index (κ3) is 5.75. The number of rotatable bonds is 10. The van der Waals surface area contributed by atoms with Gasteiger partial charge in [0.1, 0.15) is 10.6 Å². The summed E-state index contributed by atoms with van der Waals surface area (Å²) in [6.45, 7) is 2.19. The number of aromatic hydroxyl groups is 1. The molecule has 0 radical (unpaired) electrons. The first-order valence-corrected chi connectivity index (χ1v) is 10.4. The maximum Gasteiger partial charge on any atom is 0.298 e. The standard InChI is InChI=1S/C20H26O5S/c1-2-3-4-5-6-7-11-16-12-8-9-13-17(16)25-18-14-10-15-19(20(18)21)26(22,23)24/h8-10,12-15,21H,2-7,11H2,1H3,(H,22,23,24). The van der Waals surface area contributed by atoms with Gasteiger partial charge in [0, 0.05) is 0 Å². The fourth-order valence-corrected chi connectivity index (χ4v) is 3.41. The molecule has 6 heteroatoms. The molecule has 0 saturated carbocycles. The fraction of sp³-hybridized carbons (Fsp3) is 0.400. The summed E-state index contributed by atoms with van der Waals surface area (Å²) in [4.78, 5) is -0.566. The van der Waals surface area contributed by atoms with Crippen LogP contribution in [0.2, 0.25) is 0 Å². The van der Waals surface area contributed by atoms with Crippen LogP contribution >= 0.6 is 0 Å². The van der Waals surface area contributed by atoms with Crippen LogP contribution in [0.1, 0.15) is 51.0 Å². The molecule has 0 spiro atoms. The van der Waals surface area contributed by atoms with Crippen molar-refractivity contribution in [2.75, 3.05) is 0 Å². The van der Waals surface area contributed by atoms with E-state index in [9.17, 15) is 18.1 Å². The summed E-state index contributed by atoms with van der Waals surface area (Å²) < 4.78 is 37.6. The molecule has 2 rings (SSSR count). The summed E-state index contributed by atoms with van der Waals surface area (Å²) >= 11 is 0. The monoisotopic (exact) mass is 378 g/mol. The summed E-state index contributed by atoms with van der Waals surface area (Å²) in [7, 11) is -4.51. The van der Waals surface area contributed by atoms with Gasteiger partial charge in [-0.2, -0.15) is 8.42 Å². The normalized spacial score (nSPS) is 11.5. The molecule has 2 aromatic rings. The molecule has 0 aromatic heterocycles. The highest BCUT2D eigenvalue weighted by Crippen LogP contribution is 2.37. The molecular formula is C20H26O5S. The minimum absolute atomic E-state index is 0.00415. The van der Waals surface area contributed by atoms with E-state index in [1.807, 2.05) is 18.2 Å². The van der Waals surface area contributed by atoms with Gasteiger partial charge in [-0.05, 0) is 36.6 Å². The average molecular weight is 378 g/mol. The first-order valence-electron chi connectivity index (χ1n) is 8.98. The van der Waals surface area contributed by atoms with E-state index < -0.39 is 20.8 Å². The van der Waals surface area contributed by atoms with Gasteiger partial charge in [0.05, 0.1) is 0 Å². The van der Waals surface area contributed by atoms with Crippen molar-refractivity contribution in [2.24, 2.45) is 0 Å². The van der Waals surface area contributed by atoms with Crippen LogP contribution in [0.15, 0.2) is 47.4 Å². The second kappa shape index (κ2) is 9.59. The number of phenolic OH excluding ortho intramolecular Hbond substituents is 1. The van der Waals surface area contributed by atoms with E-state index in [0.29, 0.717) is 5.75 Å².